The third-order valence-electron chi connectivity index (χ3n) is 3.65. The summed E-state index contributed by atoms with van der Waals surface area (Å²) in [5.41, 5.74) is 9.07. The van der Waals surface area contributed by atoms with Gasteiger partial charge in [-0.2, -0.15) is 0 Å². The van der Waals surface area contributed by atoms with Gasteiger partial charge in [0.25, 0.3) is 5.91 Å². The van der Waals surface area contributed by atoms with Crippen LogP contribution in [-0.4, -0.2) is 21.8 Å². The number of carbonyl (C=O) groups excluding carboxylic acids is 1. The number of aromatic nitrogens is 1. The van der Waals surface area contributed by atoms with Crippen LogP contribution >= 0.6 is 0 Å². The lowest BCUT2D eigenvalue weighted by molar-refractivity contribution is 0.0727. The number of aryl methyl sites for hydroxylation is 1. The summed E-state index contributed by atoms with van der Waals surface area (Å²) in [6.45, 7) is 2.51. The van der Waals surface area contributed by atoms with Gasteiger partial charge in [-0.15, -0.1) is 0 Å². The minimum absolute atomic E-state index is 0.0403. The van der Waals surface area contributed by atoms with Crippen molar-refractivity contribution in [3.63, 3.8) is 0 Å². The number of rotatable bonds is 4. The smallest absolute Gasteiger partial charge is 0.254 e. The van der Waals surface area contributed by atoms with Crippen molar-refractivity contribution >= 4 is 11.6 Å². The topological polar surface area (TPSA) is 59.2 Å². The third kappa shape index (κ3) is 3.21. The molecule has 0 radical (unpaired) electrons. The summed E-state index contributed by atoms with van der Waals surface area (Å²) in [5.74, 6) is 0.0403. The molecule has 3 rings (SSSR count). The molecule has 108 valence electrons. The van der Waals surface area contributed by atoms with Crippen LogP contribution in [0.25, 0.3) is 0 Å². The van der Waals surface area contributed by atoms with E-state index in [1.165, 1.54) is 0 Å². The van der Waals surface area contributed by atoms with Gasteiger partial charge in [-0.05, 0) is 55.7 Å². The molecule has 0 bridgehead atoms. The number of nitrogens with two attached hydrogens (primary N) is 1. The molecule has 1 saturated carbocycles. The summed E-state index contributed by atoms with van der Waals surface area (Å²) in [6.07, 6.45) is 3.90. The SMILES string of the molecule is Cc1cc(N)cc(C(=O)N(Cc2ccccn2)C2CC2)c1. The van der Waals surface area contributed by atoms with Gasteiger partial charge >= 0.3 is 0 Å². The van der Waals surface area contributed by atoms with Crippen LogP contribution < -0.4 is 5.73 Å². The van der Waals surface area contributed by atoms with E-state index < -0.39 is 0 Å². The molecule has 1 aliphatic rings. The molecule has 1 fully saturated rings. The lowest BCUT2D eigenvalue weighted by Gasteiger charge is -2.22. The summed E-state index contributed by atoms with van der Waals surface area (Å²) >= 11 is 0. The Bertz CT molecular complexity index is 630. The Morgan fingerprint density at radius 2 is 2.14 bits per heavy atom. The van der Waals surface area contributed by atoms with E-state index in [2.05, 4.69) is 4.98 Å². The third-order valence-corrected chi connectivity index (χ3v) is 3.65. The van der Waals surface area contributed by atoms with Crippen LogP contribution in [-0.2, 0) is 6.54 Å². The van der Waals surface area contributed by atoms with Gasteiger partial charge in [-0.3, -0.25) is 9.78 Å². The molecule has 0 spiro atoms. The highest BCUT2D eigenvalue weighted by Crippen LogP contribution is 2.30. The molecular formula is C17H19N3O. The van der Waals surface area contributed by atoms with Crippen LogP contribution in [0.4, 0.5) is 5.69 Å². The Kier molecular flexibility index (Phi) is 3.60. The lowest BCUT2D eigenvalue weighted by Crippen LogP contribution is -2.33. The summed E-state index contributed by atoms with van der Waals surface area (Å²) in [7, 11) is 0. The van der Waals surface area contributed by atoms with Crippen molar-refractivity contribution < 1.29 is 4.79 Å². The number of carbonyl (C=O) groups is 1. The lowest BCUT2D eigenvalue weighted by atomic mass is 10.1. The van der Waals surface area contributed by atoms with Gasteiger partial charge in [0.2, 0.25) is 0 Å². The van der Waals surface area contributed by atoms with E-state index in [4.69, 9.17) is 5.73 Å². The fourth-order valence-electron chi connectivity index (χ4n) is 2.52. The monoisotopic (exact) mass is 281 g/mol. The van der Waals surface area contributed by atoms with Crippen molar-refractivity contribution in [2.24, 2.45) is 0 Å². The zero-order valence-electron chi connectivity index (χ0n) is 12.1. The molecule has 2 N–H and O–H groups in total. The average Bonchev–Trinajstić information content (AvgIpc) is 3.29. The number of hydrogen-bond acceptors (Lipinski definition) is 3. The molecule has 1 amide bonds. The maximum absolute atomic E-state index is 12.8. The van der Waals surface area contributed by atoms with E-state index >= 15 is 0 Å². The molecule has 4 heteroatoms. The van der Waals surface area contributed by atoms with Crippen molar-refractivity contribution in [3.05, 3.63) is 59.4 Å². The predicted octanol–water partition coefficient (Wildman–Crippen LogP) is 2.78. The normalized spacial score (nSPS) is 14.0. The maximum atomic E-state index is 12.8. The first-order chi connectivity index (χ1) is 10.1. The largest absolute Gasteiger partial charge is 0.399 e. The number of benzene rings is 1. The highest BCUT2D eigenvalue weighted by molar-refractivity contribution is 5.95. The van der Waals surface area contributed by atoms with Crippen molar-refractivity contribution in [1.82, 2.24) is 9.88 Å². The molecule has 1 aromatic heterocycles. The zero-order valence-corrected chi connectivity index (χ0v) is 12.1. The minimum Gasteiger partial charge on any atom is -0.399 e. The first-order valence-corrected chi connectivity index (χ1v) is 7.21. The second-order valence-corrected chi connectivity index (χ2v) is 5.62. The standard InChI is InChI=1S/C17H19N3O/c1-12-8-13(10-14(18)9-12)17(21)20(16-5-6-16)11-15-4-2-3-7-19-15/h2-4,7-10,16H,5-6,11,18H2,1H3. The molecule has 0 saturated heterocycles. The fourth-order valence-corrected chi connectivity index (χ4v) is 2.52. The first-order valence-electron chi connectivity index (χ1n) is 7.21. The van der Waals surface area contributed by atoms with Crippen molar-refractivity contribution in [3.8, 4) is 0 Å². The summed E-state index contributed by atoms with van der Waals surface area (Å²) in [4.78, 5) is 19.0. The van der Waals surface area contributed by atoms with E-state index in [0.717, 1.165) is 24.1 Å². The number of hydrogen-bond donors (Lipinski definition) is 1. The van der Waals surface area contributed by atoms with Gasteiger partial charge in [-0.1, -0.05) is 6.07 Å². The molecule has 4 nitrogen and oxygen atoms in total. The highest BCUT2D eigenvalue weighted by Gasteiger charge is 2.33. The molecule has 1 aromatic carbocycles. The van der Waals surface area contributed by atoms with Gasteiger partial charge in [0, 0.05) is 23.5 Å². The molecule has 0 unspecified atom stereocenters. The number of nitrogens with zero attached hydrogens (tertiary/aromatic N) is 2. The number of pyridine rings is 1. The van der Waals surface area contributed by atoms with E-state index in [1.54, 1.807) is 12.3 Å². The Morgan fingerprint density at radius 1 is 1.33 bits per heavy atom. The Morgan fingerprint density at radius 3 is 2.76 bits per heavy atom. The quantitative estimate of drug-likeness (QED) is 0.877. The summed E-state index contributed by atoms with van der Waals surface area (Å²) < 4.78 is 0. The van der Waals surface area contributed by atoms with Crippen LogP contribution in [0.2, 0.25) is 0 Å². The van der Waals surface area contributed by atoms with Gasteiger partial charge in [0.15, 0.2) is 0 Å². The van der Waals surface area contributed by atoms with Crippen molar-refractivity contribution in [1.29, 1.82) is 0 Å². The predicted molar refractivity (Wildman–Crippen MR) is 82.7 cm³/mol. The van der Waals surface area contributed by atoms with Gasteiger partial charge < -0.3 is 10.6 Å². The maximum Gasteiger partial charge on any atom is 0.254 e. The van der Waals surface area contributed by atoms with Crippen LogP contribution in [0.3, 0.4) is 0 Å². The molecule has 2 aromatic rings. The summed E-state index contributed by atoms with van der Waals surface area (Å²) in [5, 5.41) is 0. The first kappa shape index (κ1) is 13.6. The van der Waals surface area contributed by atoms with Gasteiger partial charge in [-0.25, -0.2) is 0 Å². The van der Waals surface area contributed by atoms with Crippen LogP contribution in [0.1, 0.15) is 34.5 Å². The minimum atomic E-state index is 0.0403. The van der Waals surface area contributed by atoms with Gasteiger partial charge in [0.05, 0.1) is 12.2 Å². The fraction of sp³-hybridized carbons (Fsp3) is 0.294. The van der Waals surface area contributed by atoms with Crippen LogP contribution in [0.15, 0.2) is 42.6 Å². The number of anilines is 1. The van der Waals surface area contributed by atoms with Crippen molar-refractivity contribution in [2.45, 2.75) is 32.4 Å². The zero-order chi connectivity index (χ0) is 14.8. The van der Waals surface area contributed by atoms with Gasteiger partial charge in [0.1, 0.15) is 0 Å². The molecule has 1 heterocycles. The Balaban J connectivity index is 1.85. The number of nitrogen functional groups attached to an aromatic ring is 1. The molecule has 0 aliphatic heterocycles. The van der Waals surface area contributed by atoms with E-state index in [9.17, 15) is 4.79 Å². The number of amides is 1. The summed E-state index contributed by atoms with van der Waals surface area (Å²) in [6, 6.07) is 11.6. The van der Waals surface area contributed by atoms with E-state index in [0.29, 0.717) is 23.8 Å². The Labute approximate surface area is 124 Å². The highest BCUT2D eigenvalue weighted by atomic mass is 16.2. The molecular weight excluding hydrogens is 262 g/mol. The second-order valence-electron chi connectivity index (χ2n) is 5.62. The van der Waals surface area contributed by atoms with Crippen LogP contribution in [0.5, 0.6) is 0 Å². The van der Waals surface area contributed by atoms with Crippen LogP contribution in [0, 0.1) is 6.92 Å². The van der Waals surface area contributed by atoms with E-state index in [-0.39, 0.29) is 5.91 Å². The Hall–Kier alpha value is -2.36. The molecule has 21 heavy (non-hydrogen) atoms. The molecule has 0 atom stereocenters. The van der Waals surface area contributed by atoms with E-state index in [1.807, 2.05) is 42.2 Å². The molecule has 1 aliphatic carbocycles. The second kappa shape index (κ2) is 5.56. The van der Waals surface area contributed by atoms with Crippen molar-refractivity contribution in [2.75, 3.05) is 5.73 Å². The average molecular weight is 281 g/mol.